The lowest BCUT2D eigenvalue weighted by atomic mass is 10.1. The standard InChI is InChI=1S/C19H22N2O4S/c1-15-7-8-17(18(22)13-15)19(23)20-9-11-21(12-10-20)26(24,25)14-16-5-3-2-4-6-16/h2-8,13,22H,9-12,14H2,1H3. The molecule has 0 saturated carbocycles. The number of phenols is 1. The van der Waals surface area contributed by atoms with E-state index >= 15 is 0 Å². The molecule has 3 rings (SSSR count). The zero-order chi connectivity index (χ0) is 18.7. The Labute approximate surface area is 153 Å². The number of carbonyl (C=O) groups is 1. The van der Waals surface area contributed by atoms with Crippen molar-refractivity contribution in [1.29, 1.82) is 0 Å². The Morgan fingerprint density at radius 3 is 2.31 bits per heavy atom. The zero-order valence-electron chi connectivity index (χ0n) is 14.6. The Hall–Kier alpha value is -2.38. The molecule has 138 valence electrons. The number of amides is 1. The summed E-state index contributed by atoms with van der Waals surface area (Å²) in [6.45, 7) is 2.96. The summed E-state index contributed by atoms with van der Waals surface area (Å²) in [5.41, 5.74) is 1.86. The highest BCUT2D eigenvalue weighted by Crippen LogP contribution is 2.22. The number of rotatable bonds is 4. The van der Waals surface area contributed by atoms with Crippen LogP contribution in [0.15, 0.2) is 48.5 Å². The van der Waals surface area contributed by atoms with E-state index in [9.17, 15) is 18.3 Å². The minimum Gasteiger partial charge on any atom is -0.507 e. The molecule has 2 aromatic rings. The molecule has 0 unspecified atom stereocenters. The molecule has 0 bridgehead atoms. The number of hydrogen-bond donors (Lipinski definition) is 1. The van der Waals surface area contributed by atoms with Crippen molar-refractivity contribution in [3.63, 3.8) is 0 Å². The molecule has 1 saturated heterocycles. The molecular formula is C19H22N2O4S. The fourth-order valence-electron chi connectivity index (χ4n) is 3.04. The molecule has 0 spiro atoms. The minimum absolute atomic E-state index is 0.0411. The maximum Gasteiger partial charge on any atom is 0.257 e. The average molecular weight is 374 g/mol. The predicted octanol–water partition coefficient (Wildman–Crippen LogP) is 1.99. The molecule has 1 aliphatic heterocycles. The fourth-order valence-corrected chi connectivity index (χ4v) is 4.55. The molecule has 1 fully saturated rings. The van der Waals surface area contributed by atoms with Crippen LogP contribution in [0.5, 0.6) is 5.75 Å². The normalized spacial score (nSPS) is 15.8. The van der Waals surface area contributed by atoms with Crippen LogP contribution >= 0.6 is 0 Å². The Bertz CT molecular complexity index is 889. The van der Waals surface area contributed by atoms with Gasteiger partial charge in [-0.15, -0.1) is 0 Å². The van der Waals surface area contributed by atoms with Gasteiger partial charge in [0.25, 0.3) is 5.91 Å². The summed E-state index contributed by atoms with van der Waals surface area (Å²) in [6, 6.07) is 14.0. The van der Waals surface area contributed by atoms with Gasteiger partial charge in [-0.25, -0.2) is 8.42 Å². The zero-order valence-corrected chi connectivity index (χ0v) is 15.4. The number of nitrogens with zero attached hydrogens (tertiary/aromatic N) is 2. The Morgan fingerprint density at radius 2 is 1.69 bits per heavy atom. The number of piperazine rings is 1. The maximum atomic E-state index is 12.6. The van der Waals surface area contributed by atoms with Crippen molar-refractivity contribution in [2.24, 2.45) is 0 Å². The fraction of sp³-hybridized carbons (Fsp3) is 0.316. The lowest BCUT2D eigenvalue weighted by Crippen LogP contribution is -2.50. The summed E-state index contributed by atoms with van der Waals surface area (Å²) in [6.07, 6.45) is 0. The number of benzene rings is 2. The molecule has 1 amide bonds. The summed E-state index contributed by atoms with van der Waals surface area (Å²) >= 11 is 0. The number of sulfonamides is 1. The first-order valence-corrected chi connectivity index (χ1v) is 10.1. The SMILES string of the molecule is Cc1ccc(C(=O)N2CCN(S(=O)(=O)Cc3ccccc3)CC2)c(O)c1. The first-order chi connectivity index (χ1) is 12.4. The van der Waals surface area contributed by atoms with Crippen LogP contribution in [0, 0.1) is 6.92 Å². The van der Waals surface area contributed by atoms with Crippen LogP contribution in [0.1, 0.15) is 21.5 Å². The van der Waals surface area contributed by atoms with E-state index in [2.05, 4.69) is 0 Å². The van der Waals surface area contributed by atoms with Gasteiger partial charge in [-0.1, -0.05) is 36.4 Å². The lowest BCUT2D eigenvalue weighted by molar-refractivity contribution is 0.0694. The molecule has 1 N–H and O–H groups in total. The molecule has 7 heteroatoms. The summed E-state index contributed by atoms with van der Waals surface area (Å²) < 4.78 is 26.6. The van der Waals surface area contributed by atoms with Gasteiger partial charge >= 0.3 is 0 Å². The molecule has 1 aliphatic rings. The van der Waals surface area contributed by atoms with Crippen LogP contribution in [0.4, 0.5) is 0 Å². The molecule has 1 heterocycles. The first-order valence-electron chi connectivity index (χ1n) is 8.47. The van der Waals surface area contributed by atoms with Crippen LogP contribution in [-0.4, -0.2) is 54.8 Å². The van der Waals surface area contributed by atoms with Crippen molar-refractivity contribution >= 4 is 15.9 Å². The number of carbonyl (C=O) groups excluding carboxylic acids is 1. The van der Waals surface area contributed by atoms with Gasteiger partial charge in [-0.3, -0.25) is 4.79 Å². The summed E-state index contributed by atoms with van der Waals surface area (Å²) in [4.78, 5) is 14.2. The van der Waals surface area contributed by atoms with E-state index in [1.807, 2.05) is 25.1 Å². The molecule has 26 heavy (non-hydrogen) atoms. The third kappa shape index (κ3) is 4.05. The Morgan fingerprint density at radius 1 is 1.04 bits per heavy atom. The van der Waals surface area contributed by atoms with Crippen molar-refractivity contribution < 1.29 is 18.3 Å². The molecule has 6 nitrogen and oxygen atoms in total. The largest absolute Gasteiger partial charge is 0.507 e. The van der Waals surface area contributed by atoms with Crippen LogP contribution in [0.3, 0.4) is 0 Å². The summed E-state index contributed by atoms with van der Waals surface area (Å²) in [5.74, 6) is -0.364. The van der Waals surface area contributed by atoms with Crippen molar-refractivity contribution in [2.45, 2.75) is 12.7 Å². The molecule has 2 aromatic carbocycles. The van der Waals surface area contributed by atoms with Gasteiger partial charge in [-0.05, 0) is 30.2 Å². The highest BCUT2D eigenvalue weighted by molar-refractivity contribution is 7.88. The van der Waals surface area contributed by atoms with Gasteiger partial charge in [0.2, 0.25) is 10.0 Å². The van der Waals surface area contributed by atoms with E-state index < -0.39 is 10.0 Å². The van der Waals surface area contributed by atoms with Crippen LogP contribution in [-0.2, 0) is 15.8 Å². The van der Waals surface area contributed by atoms with Crippen molar-refractivity contribution in [3.05, 3.63) is 65.2 Å². The number of aromatic hydroxyl groups is 1. The third-order valence-electron chi connectivity index (χ3n) is 4.49. The van der Waals surface area contributed by atoms with Gasteiger partial charge < -0.3 is 10.0 Å². The highest BCUT2D eigenvalue weighted by Gasteiger charge is 2.30. The number of hydrogen-bond acceptors (Lipinski definition) is 4. The van der Waals surface area contributed by atoms with Gasteiger partial charge in [0.05, 0.1) is 11.3 Å². The van der Waals surface area contributed by atoms with E-state index in [0.29, 0.717) is 13.1 Å². The summed E-state index contributed by atoms with van der Waals surface area (Å²) in [5, 5.41) is 9.98. The van der Waals surface area contributed by atoms with Gasteiger partial charge in [0, 0.05) is 26.2 Å². The van der Waals surface area contributed by atoms with Crippen LogP contribution in [0.25, 0.3) is 0 Å². The third-order valence-corrected chi connectivity index (χ3v) is 6.34. The van der Waals surface area contributed by atoms with E-state index in [-0.39, 0.29) is 36.1 Å². The first kappa shape index (κ1) is 18.4. The highest BCUT2D eigenvalue weighted by atomic mass is 32.2. The van der Waals surface area contributed by atoms with Crippen LogP contribution in [0.2, 0.25) is 0 Å². The molecule has 0 aliphatic carbocycles. The minimum atomic E-state index is -3.42. The molecule has 0 radical (unpaired) electrons. The maximum absolute atomic E-state index is 12.6. The van der Waals surface area contributed by atoms with Crippen molar-refractivity contribution in [2.75, 3.05) is 26.2 Å². The Balaban J connectivity index is 1.64. The lowest BCUT2D eigenvalue weighted by Gasteiger charge is -2.34. The van der Waals surface area contributed by atoms with E-state index in [4.69, 9.17) is 0 Å². The molecular weight excluding hydrogens is 352 g/mol. The second kappa shape index (κ2) is 7.47. The van der Waals surface area contributed by atoms with E-state index in [1.54, 1.807) is 35.2 Å². The van der Waals surface area contributed by atoms with E-state index in [0.717, 1.165) is 11.1 Å². The molecule has 0 atom stereocenters. The second-order valence-electron chi connectivity index (χ2n) is 6.45. The Kier molecular flexibility index (Phi) is 5.29. The monoisotopic (exact) mass is 374 g/mol. The molecule has 0 aromatic heterocycles. The van der Waals surface area contributed by atoms with Gasteiger partial charge in [-0.2, -0.15) is 4.31 Å². The topological polar surface area (TPSA) is 77.9 Å². The van der Waals surface area contributed by atoms with Crippen molar-refractivity contribution in [1.82, 2.24) is 9.21 Å². The van der Waals surface area contributed by atoms with Crippen molar-refractivity contribution in [3.8, 4) is 5.75 Å². The van der Waals surface area contributed by atoms with Crippen LogP contribution < -0.4 is 0 Å². The van der Waals surface area contributed by atoms with E-state index in [1.165, 1.54) is 4.31 Å². The van der Waals surface area contributed by atoms with Gasteiger partial charge in [0.1, 0.15) is 5.75 Å². The average Bonchev–Trinajstić information content (AvgIpc) is 2.62. The smallest absolute Gasteiger partial charge is 0.257 e. The number of phenolic OH excluding ortho intramolecular Hbond substituents is 1. The predicted molar refractivity (Wildman–Crippen MR) is 99.4 cm³/mol. The quantitative estimate of drug-likeness (QED) is 0.888. The van der Waals surface area contributed by atoms with Gasteiger partial charge in [0.15, 0.2) is 0 Å². The number of aryl methyl sites for hydroxylation is 1. The second-order valence-corrected chi connectivity index (χ2v) is 8.42. The summed E-state index contributed by atoms with van der Waals surface area (Å²) in [7, 11) is -3.42.